The molecule has 4 aromatic rings. The minimum Gasteiger partial charge on any atom is -0.324 e. The molecule has 0 spiro atoms. The first-order valence-electron chi connectivity index (χ1n) is 9.31. The van der Waals surface area contributed by atoms with Gasteiger partial charge in [0.15, 0.2) is 5.16 Å². The average Bonchev–Trinajstić information content (AvgIpc) is 3.39. The van der Waals surface area contributed by atoms with E-state index in [9.17, 15) is 4.79 Å². The van der Waals surface area contributed by atoms with Gasteiger partial charge in [0.25, 0.3) is 0 Å². The number of hydrogen-bond donors (Lipinski definition) is 1. The van der Waals surface area contributed by atoms with Gasteiger partial charge in [-0.3, -0.25) is 9.36 Å². The summed E-state index contributed by atoms with van der Waals surface area (Å²) < 4.78 is 2.01. The normalized spacial score (nSPS) is 10.9. The van der Waals surface area contributed by atoms with Crippen molar-refractivity contribution in [2.45, 2.75) is 18.5 Å². The molecule has 0 bridgehead atoms. The standard InChI is InChI=1S/C22H19ClN4OS2/c1-15-9-10-19(18(23)12-15)24-21(28)14-30-22-26-25-20(13-17-8-5-11-29-17)27(22)16-6-3-2-4-7-16/h2-12H,13-14H2,1H3,(H,24,28). The quantitative estimate of drug-likeness (QED) is 0.368. The summed E-state index contributed by atoms with van der Waals surface area (Å²) in [7, 11) is 0. The molecule has 0 atom stereocenters. The number of nitrogens with one attached hydrogen (secondary N) is 1. The number of halogens is 1. The summed E-state index contributed by atoms with van der Waals surface area (Å²) >= 11 is 9.26. The molecular weight excluding hydrogens is 436 g/mol. The Hall–Kier alpha value is -2.61. The summed E-state index contributed by atoms with van der Waals surface area (Å²) in [6.07, 6.45) is 0.686. The number of aryl methyl sites for hydroxylation is 1. The maximum atomic E-state index is 12.5. The van der Waals surface area contributed by atoms with Crippen molar-refractivity contribution in [1.29, 1.82) is 0 Å². The van der Waals surface area contributed by atoms with Crippen LogP contribution < -0.4 is 5.32 Å². The van der Waals surface area contributed by atoms with Crippen LogP contribution in [-0.4, -0.2) is 26.4 Å². The van der Waals surface area contributed by atoms with Crippen LogP contribution in [-0.2, 0) is 11.2 Å². The van der Waals surface area contributed by atoms with Gasteiger partial charge in [-0.05, 0) is 48.2 Å². The van der Waals surface area contributed by atoms with Crippen LogP contribution in [0.25, 0.3) is 5.69 Å². The van der Waals surface area contributed by atoms with E-state index < -0.39 is 0 Å². The van der Waals surface area contributed by atoms with E-state index in [1.54, 1.807) is 11.3 Å². The van der Waals surface area contributed by atoms with E-state index in [1.807, 2.05) is 66.1 Å². The number of thiophene rings is 1. The molecule has 4 rings (SSSR count). The zero-order valence-electron chi connectivity index (χ0n) is 16.2. The molecule has 2 heterocycles. The highest BCUT2D eigenvalue weighted by Gasteiger charge is 2.17. The predicted octanol–water partition coefficient (Wildman–Crippen LogP) is 5.61. The Balaban J connectivity index is 1.52. The highest BCUT2D eigenvalue weighted by Crippen LogP contribution is 2.26. The van der Waals surface area contributed by atoms with Gasteiger partial charge in [0.1, 0.15) is 5.82 Å². The van der Waals surface area contributed by atoms with Crippen LogP contribution in [0.15, 0.2) is 71.2 Å². The van der Waals surface area contributed by atoms with Crippen LogP contribution in [0.1, 0.15) is 16.3 Å². The third kappa shape index (κ3) is 4.92. The average molecular weight is 455 g/mol. The molecule has 0 saturated carbocycles. The molecule has 0 aliphatic rings. The molecule has 1 N–H and O–H groups in total. The van der Waals surface area contributed by atoms with E-state index in [0.29, 0.717) is 22.3 Å². The van der Waals surface area contributed by atoms with Gasteiger partial charge in [-0.15, -0.1) is 21.5 Å². The lowest BCUT2D eigenvalue weighted by molar-refractivity contribution is -0.113. The van der Waals surface area contributed by atoms with E-state index in [1.165, 1.54) is 16.6 Å². The lowest BCUT2D eigenvalue weighted by atomic mass is 10.2. The van der Waals surface area contributed by atoms with Crippen molar-refractivity contribution in [3.8, 4) is 5.69 Å². The monoisotopic (exact) mass is 454 g/mol. The Bertz CT molecular complexity index is 1140. The SMILES string of the molecule is Cc1ccc(NC(=O)CSc2nnc(Cc3cccs3)n2-c2ccccc2)c(Cl)c1. The van der Waals surface area contributed by atoms with Gasteiger partial charge in [0.2, 0.25) is 5.91 Å². The zero-order valence-corrected chi connectivity index (χ0v) is 18.6. The summed E-state index contributed by atoms with van der Waals surface area (Å²) in [5, 5.41) is 14.9. The third-order valence-corrected chi connectivity index (χ3v) is 6.48. The van der Waals surface area contributed by atoms with Crippen LogP contribution in [0.4, 0.5) is 5.69 Å². The first-order valence-corrected chi connectivity index (χ1v) is 11.6. The molecule has 2 aromatic heterocycles. The maximum absolute atomic E-state index is 12.5. The topological polar surface area (TPSA) is 59.8 Å². The van der Waals surface area contributed by atoms with Crippen molar-refractivity contribution in [2.75, 3.05) is 11.1 Å². The summed E-state index contributed by atoms with van der Waals surface area (Å²) in [4.78, 5) is 13.7. The molecule has 30 heavy (non-hydrogen) atoms. The smallest absolute Gasteiger partial charge is 0.234 e. The van der Waals surface area contributed by atoms with E-state index in [0.717, 1.165) is 17.1 Å². The molecule has 2 aromatic carbocycles. The molecule has 0 fully saturated rings. The Morgan fingerprint density at radius 2 is 1.97 bits per heavy atom. The molecule has 152 valence electrons. The Morgan fingerprint density at radius 1 is 1.13 bits per heavy atom. The van der Waals surface area contributed by atoms with Gasteiger partial charge in [-0.25, -0.2) is 0 Å². The summed E-state index contributed by atoms with van der Waals surface area (Å²) in [5.74, 6) is 0.898. The Kier molecular flexibility index (Phi) is 6.52. The molecule has 5 nitrogen and oxygen atoms in total. The number of nitrogens with zero attached hydrogens (tertiary/aromatic N) is 3. The second-order valence-corrected chi connectivity index (χ2v) is 9.03. The molecular formula is C22H19ClN4OS2. The predicted molar refractivity (Wildman–Crippen MR) is 124 cm³/mol. The highest BCUT2D eigenvalue weighted by atomic mass is 35.5. The number of para-hydroxylation sites is 1. The molecule has 0 unspecified atom stereocenters. The number of carbonyl (C=O) groups is 1. The number of amides is 1. The number of anilines is 1. The first kappa shape index (κ1) is 20.7. The van der Waals surface area contributed by atoms with Gasteiger partial charge in [-0.1, -0.05) is 53.7 Å². The molecule has 0 aliphatic heterocycles. The fourth-order valence-electron chi connectivity index (χ4n) is 2.95. The number of benzene rings is 2. The van der Waals surface area contributed by atoms with Gasteiger partial charge < -0.3 is 5.32 Å². The fraction of sp³-hybridized carbons (Fsp3) is 0.136. The van der Waals surface area contributed by atoms with Gasteiger partial charge in [0.05, 0.1) is 16.5 Å². The number of aromatic nitrogens is 3. The van der Waals surface area contributed by atoms with Crippen LogP contribution in [0.5, 0.6) is 0 Å². The summed E-state index contributed by atoms with van der Waals surface area (Å²) in [5.41, 5.74) is 2.62. The second-order valence-electron chi connectivity index (χ2n) is 6.65. The zero-order chi connectivity index (χ0) is 20.9. The highest BCUT2D eigenvalue weighted by molar-refractivity contribution is 7.99. The maximum Gasteiger partial charge on any atom is 0.234 e. The van der Waals surface area contributed by atoms with E-state index in [4.69, 9.17) is 11.6 Å². The van der Waals surface area contributed by atoms with Crippen LogP contribution in [0, 0.1) is 6.92 Å². The first-order chi connectivity index (χ1) is 14.6. The van der Waals surface area contributed by atoms with Crippen molar-refractivity contribution in [2.24, 2.45) is 0 Å². The second kappa shape index (κ2) is 9.47. The fourth-order valence-corrected chi connectivity index (χ4v) is 4.71. The lowest BCUT2D eigenvalue weighted by Gasteiger charge is -2.10. The van der Waals surface area contributed by atoms with E-state index in [-0.39, 0.29) is 11.7 Å². The van der Waals surface area contributed by atoms with Crippen molar-refractivity contribution >= 4 is 46.3 Å². The number of carbonyl (C=O) groups excluding carboxylic acids is 1. The van der Waals surface area contributed by atoms with Crippen LogP contribution >= 0.6 is 34.7 Å². The Morgan fingerprint density at radius 3 is 2.70 bits per heavy atom. The molecule has 8 heteroatoms. The van der Waals surface area contributed by atoms with Gasteiger partial charge in [0, 0.05) is 17.0 Å². The summed E-state index contributed by atoms with van der Waals surface area (Å²) in [6.45, 7) is 1.96. The minimum absolute atomic E-state index is 0.145. The Labute approximate surface area is 188 Å². The number of rotatable bonds is 7. The summed E-state index contributed by atoms with van der Waals surface area (Å²) in [6, 6.07) is 19.6. The van der Waals surface area contributed by atoms with Crippen molar-refractivity contribution in [3.63, 3.8) is 0 Å². The van der Waals surface area contributed by atoms with Crippen molar-refractivity contribution in [1.82, 2.24) is 14.8 Å². The third-order valence-electron chi connectivity index (χ3n) is 4.36. The van der Waals surface area contributed by atoms with Crippen molar-refractivity contribution < 1.29 is 4.79 Å². The molecule has 0 radical (unpaired) electrons. The molecule has 0 aliphatic carbocycles. The van der Waals surface area contributed by atoms with E-state index >= 15 is 0 Å². The van der Waals surface area contributed by atoms with Crippen LogP contribution in [0.3, 0.4) is 0 Å². The molecule has 0 saturated heterocycles. The minimum atomic E-state index is -0.145. The number of hydrogen-bond acceptors (Lipinski definition) is 5. The largest absolute Gasteiger partial charge is 0.324 e. The van der Waals surface area contributed by atoms with Gasteiger partial charge in [-0.2, -0.15) is 0 Å². The van der Waals surface area contributed by atoms with Crippen molar-refractivity contribution in [3.05, 3.63) is 87.3 Å². The lowest BCUT2D eigenvalue weighted by Crippen LogP contribution is -2.15. The van der Waals surface area contributed by atoms with Crippen LogP contribution in [0.2, 0.25) is 5.02 Å². The van der Waals surface area contributed by atoms with Gasteiger partial charge >= 0.3 is 0 Å². The molecule has 1 amide bonds. The number of thioether (sulfide) groups is 1. The van der Waals surface area contributed by atoms with E-state index in [2.05, 4.69) is 27.0 Å².